The number of esters is 1. The molecule has 1 aliphatic heterocycles. The largest absolute Gasteiger partial charge is 0.500 e. The Hall–Kier alpha value is -1.03. The van der Waals surface area contributed by atoms with E-state index in [4.69, 9.17) is 14.6 Å². The van der Waals surface area contributed by atoms with Gasteiger partial charge in [0.2, 0.25) is 0 Å². The molecule has 0 saturated heterocycles. The molecule has 12 heavy (non-hydrogen) atoms. The van der Waals surface area contributed by atoms with Crippen LogP contribution in [0.25, 0.3) is 0 Å². The van der Waals surface area contributed by atoms with E-state index in [0.717, 1.165) is 0 Å². The van der Waals surface area contributed by atoms with Crippen LogP contribution in [0.15, 0.2) is 11.3 Å². The highest BCUT2D eigenvalue weighted by Gasteiger charge is 2.26. The van der Waals surface area contributed by atoms with Gasteiger partial charge in [0.25, 0.3) is 0 Å². The summed E-state index contributed by atoms with van der Waals surface area (Å²) in [6, 6.07) is 0. The first-order valence-electron chi connectivity index (χ1n) is 3.74. The first-order chi connectivity index (χ1) is 5.69. The Morgan fingerprint density at radius 3 is 2.92 bits per heavy atom. The van der Waals surface area contributed by atoms with Crippen molar-refractivity contribution in [2.24, 2.45) is 0 Å². The molecule has 1 heterocycles. The summed E-state index contributed by atoms with van der Waals surface area (Å²) in [6.07, 6.45) is 0.0149. The van der Waals surface area contributed by atoms with E-state index in [0.29, 0.717) is 17.8 Å². The molecule has 1 rings (SSSR count). The highest BCUT2D eigenvalue weighted by atomic mass is 16.6. The second-order valence-electron chi connectivity index (χ2n) is 2.67. The fourth-order valence-corrected chi connectivity index (χ4v) is 1.09. The Kier molecular flexibility index (Phi) is 2.70. The van der Waals surface area contributed by atoms with Gasteiger partial charge in [0, 0.05) is 6.42 Å². The standard InChI is InChI=1S/C8H12O4/c1-5-7(11-2)3-6(4-9)12-8(5)10/h6,9H,3-4H2,1-2H3. The third-order valence-electron chi connectivity index (χ3n) is 1.86. The lowest BCUT2D eigenvalue weighted by atomic mass is 10.1. The molecule has 0 bridgehead atoms. The zero-order chi connectivity index (χ0) is 9.14. The Bertz CT molecular complexity index is 219. The van der Waals surface area contributed by atoms with Gasteiger partial charge < -0.3 is 14.6 Å². The summed E-state index contributed by atoms with van der Waals surface area (Å²) in [5.41, 5.74) is 0.488. The van der Waals surface area contributed by atoms with Crippen molar-refractivity contribution in [3.63, 3.8) is 0 Å². The van der Waals surface area contributed by atoms with Crippen LogP contribution >= 0.6 is 0 Å². The van der Waals surface area contributed by atoms with Gasteiger partial charge in [-0.25, -0.2) is 4.79 Å². The number of methoxy groups -OCH3 is 1. The van der Waals surface area contributed by atoms with Gasteiger partial charge in [-0.05, 0) is 6.92 Å². The number of ether oxygens (including phenoxy) is 2. The van der Waals surface area contributed by atoms with Gasteiger partial charge in [0.15, 0.2) is 0 Å². The number of aliphatic hydroxyl groups is 1. The second kappa shape index (κ2) is 3.58. The number of aliphatic hydroxyl groups excluding tert-OH is 1. The summed E-state index contributed by atoms with van der Waals surface area (Å²) in [5, 5.41) is 8.75. The summed E-state index contributed by atoms with van der Waals surface area (Å²) in [7, 11) is 1.51. The number of rotatable bonds is 2. The van der Waals surface area contributed by atoms with Gasteiger partial charge in [-0.3, -0.25) is 0 Å². The SMILES string of the molecule is COC1=C(C)C(=O)OC(CO)C1. The molecule has 0 aromatic heterocycles. The maximum Gasteiger partial charge on any atom is 0.337 e. The van der Waals surface area contributed by atoms with Crippen molar-refractivity contribution in [2.75, 3.05) is 13.7 Å². The van der Waals surface area contributed by atoms with Crippen LogP contribution < -0.4 is 0 Å². The summed E-state index contributed by atoms with van der Waals surface area (Å²) in [4.78, 5) is 11.1. The fraction of sp³-hybridized carbons (Fsp3) is 0.625. The van der Waals surface area contributed by atoms with E-state index < -0.39 is 12.1 Å². The smallest absolute Gasteiger partial charge is 0.337 e. The van der Waals surface area contributed by atoms with E-state index in [9.17, 15) is 4.79 Å². The third kappa shape index (κ3) is 1.58. The molecule has 0 aliphatic carbocycles. The van der Waals surface area contributed by atoms with Crippen LogP contribution in [0.1, 0.15) is 13.3 Å². The molecule has 0 saturated carbocycles. The van der Waals surface area contributed by atoms with Crippen molar-refractivity contribution < 1.29 is 19.4 Å². The van der Waals surface area contributed by atoms with Crippen LogP contribution in [-0.4, -0.2) is 30.9 Å². The minimum absolute atomic E-state index is 0.161. The monoisotopic (exact) mass is 172 g/mol. The topological polar surface area (TPSA) is 55.8 Å². The number of cyclic esters (lactones) is 1. The van der Waals surface area contributed by atoms with Crippen molar-refractivity contribution >= 4 is 5.97 Å². The third-order valence-corrected chi connectivity index (χ3v) is 1.86. The average molecular weight is 172 g/mol. The van der Waals surface area contributed by atoms with Crippen molar-refractivity contribution in [3.8, 4) is 0 Å². The summed E-state index contributed by atoms with van der Waals surface area (Å²) < 4.78 is 9.83. The Morgan fingerprint density at radius 1 is 1.75 bits per heavy atom. The number of hydrogen-bond acceptors (Lipinski definition) is 4. The van der Waals surface area contributed by atoms with E-state index >= 15 is 0 Å². The molecule has 1 unspecified atom stereocenters. The van der Waals surface area contributed by atoms with Crippen molar-refractivity contribution in [1.82, 2.24) is 0 Å². The maximum absolute atomic E-state index is 11.1. The molecule has 4 nitrogen and oxygen atoms in total. The number of carbonyl (C=O) groups excluding carboxylic acids is 1. The Labute approximate surface area is 70.8 Å². The summed E-state index contributed by atoms with van der Waals surface area (Å²) in [5.74, 6) is 0.197. The first-order valence-corrected chi connectivity index (χ1v) is 3.74. The van der Waals surface area contributed by atoms with E-state index in [-0.39, 0.29) is 6.61 Å². The van der Waals surface area contributed by atoms with E-state index in [1.54, 1.807) is 6.92 Å². The van der Waals surface area contributed by atoms with E-state index in [2.05, 4.69) is 0 Å². The van der Waals surface area contributed by atoms with Crippen LogP contribution in [0.4, 0.5) is 0 Å². The average Bonchev–Trinajstić information content (AvgIpc) is 2.09. The summed E-state index contributed by atoms with van der Waals surface area (Å²) in [6.45, 7) is 1.49. The van der Waals surface area contributed by atoms with Gasteiger partial charge in [0.1, 0.15) is 11.9 Å². The molecule has 1 aliphatic rings. The quantitative estimate of drug-likeness (QED) is 0.605. The molecule has 0 aromatic rings. The van der Waals surface area contributed by atoms with Gasteiger partial charge in [-0.2, -0.15) is 0 Å². The summed E-state index contributed by atoms with van der Waals surface area (Å²) >= 11 is 0. The van der Waals surface area contributed by atoms with Crippen LogP contribution in [-0.2, 0) is 14.3 Å². The van der Waals surface area contributed by atoms with Crippen LogP contribution in [0.3, 0.4) is 0 Å². The molecule has 0 amide bonds. The maximum atomic E-state index is 11.1. The molecular weight excluding hydrogens is 160 g/mol. The zero-order valence-corrected chi connectivity index (χ0v) is 7.16. The van der Waals surface area contributed by atoms with E-state index in [1.165, 1.54) is 7.11 Å². The highest BCUT2D eigenvalue weighted by molar-refractivity contribution is 5.89. The number of carbonyl (C=O) groups is 1. The molecule has 68 valence electrons. The lowest BCUT2D eigenvalue weighted by molar-refractivity contribution is -0.149. The molecule has 1 atom stereocenters. The van der Waals surface area contributed by atoms with Crippen LogP contribution in [0.5, 0.6) is 0 Å². The normalized spacial score (nSPS) is 23.9. The fourth-order valence-electron chi connectivity index (χ4n) is 1.09. The minimum atomic E-state index is -0.448. The predicted molar refractivity (Wildman–Crippen MR) is 41.3 cm³/mol. The molecule has 0 aromatic carbocycles. The second-order valence-corrected chi connectivity index (χ2v) is 2.67. The lowest BCUT2D eigenvalue weighted by Crippen LogP contribution is -2.28. The molecule has 0 spiro atoms. The first kappa shape index (κ1) is 9.06. The van der Waals surface area contributed by atoms with Gasteiger partial charge in [-0.15, -0.1) is 0 Å². The Morgan fingerprint density at radius 2 is 2.42 bits per heavy atom. The van der Waals surface area contributed by atoms with Gasteiger partial charge in [-0.1, -0.05) is 0 Å². The van der Waals surface area contributed by atoms with Gasteiger partial charge in [0.05, 0.1) is 19.3 Å². The van der Waals surface area contributed by atoms with Crippen LogP contribution in [0.2, 0.25) is 0 Å². The highest BCUT2D eigenvalue weighted by Crippen LogP contribution is 2.21. The zero-order valence-electron chi connectivity index (χ0n) is 7.16. The van der Waals surface area contributed by atoms with Crippen molar-refractivity contribution in [3.05, 3.63) is 11.3 Å². The van der Waals surface area contributed by atoms with Crippen LogP contribution in [0, 0.1) is 0 Å². The molecule has 1 N–H and O–H groups in total. The Balaban J connectivity index is 2.80. The molecule has 0 radical (unpaired) electrons. The number of hydrogen-bond donors (Lipinski definition) is 1. The molecule has 4 heteroatoms. The van der Waals surface area contributed by atoms with E-state index in [1.807, 2.05) is 0 Å². The van der Waals surface area contributed by atoms with Crippen molar-refractivity contribution in [1.29, 1.82) is 0 Å². The minimum Gasteiger partial charge on any atom is -0.500 e. The molecular formula is C8H12O4. The molecule has 0 fully saturated rings. The lowest BCUT2D eigenvalue weighted by Gasteiger charge is -2.23. The predicted octanol–water partition coefficient (Wildman–Crippen LogP) is 0.215. The van der Waals surface area contributed by atoms with Crippen molar-refractivity contribution in [2.45, 2.75) is 19.4 Å². The van der Waals surface area contributed by atoms with Gasteiger partial charge >= 0.3 is 5.97 Å².